The summed E-state index contributed by atoms with van der Waals surface area (Å²) in [5.41, 5.74) is 2.55. The van der Waals surface area contributed by atoms with Crippen molar-refractivity contribution in [2.24, 2.45) is 5.10 Å². The largest absolute Gasteiger partial charge is 0.304 e. The van der Waals surface area contributed by atoms with Crippen LogP contribution >= 0.6 is 0 Å². The summed E-state index contributed by atoms with van der Waals surface area (Å²) in [5.74, 6) is 0.0289. The van der Waals surface area contributed by atoms with Crippen LogP contribution in [0.3, 0.4) is 0 Å². The molecule has 1 amide bonds. The summed E-state index contributed by atoms with van der Waals surface area (Å²) >= 11 is 0. The first-order valence-corrected chi connectivity index (χ1v) is 8.30. The van der Waals surface area contributed by atoms with Crippen LogP contribution in [0.4, 0.5) is 5.69 Å². The molecule has 2 heterocycles. The molecule has 22 heavy (non-hydrogen) atoms. The van der Waals surface area contributed by atoms with Crippen molar-refractivity contribution in [1.82, 2.24) is 5.01 Å². The standard InChI is InChI=1S/C18H25N3O/c1-12(2)20-16-11-6-5-10-15(16)17(18(20)22)19-21-13(3)8-7-9-14(21)4/h5-6,10-14H,7-9H2,1-4H3. The van der Waals surface area contributed by atoms with Crippen LogP contribution in [-0.2, 0) is 4.79 Å². The highest BCUT2D eigenvalue weighted by Gasteiger charge is 2.36. The van der Waals surface area contributed by atoms with E-state index in [1.165, 1.54) is 6.42 Å². The Balaban J connectivity index is 2.03. The molecule has 2 unspecified atom stereocenters. The fourth-order valence-electron chi connectivity index (χ4n) is 3.55. The highest BCUT2D eigenvalue weighted by Crippen LogP contribution is 2.32. The Kier molecular flexibility index (Phi) is 3.94. The number of anilines is 1. The van der Waals surface area contributed by atoms with Gasteiger partial charge in [0.2, 0.25) is 0 Å². The first-order chi connectivity index (χ1) is 10.5. The van der Waals surface area contributed by atoms with Crippen molar-refractivity contribution < 1.29 is 4.79 Å². The molecule has 2 aliphatic rings. The molecule has 4 nitrogen and oxygen atoms in total. The Labute approximate surface area is 132 Å². The number of nitrogens with zero attached hydrogens (tertiary/aromatic N) is 3. The molecule has 2 atom stereocenters. The molecular weight excluding hydrogens is 274 g/mol. The SMILES string of the molecule is CC(C)N1C(=O)C(=NN2C(C)CCCC2C)c2ccccc21. The van der Waals surface area contributed by atoms with Crippen LogP contribution in [0.15, 0.2) is 29.4 Å². The van der Waals surface area contributed by atoms with Gasteiger partial charge in [-0.2, -0.15) is 5.10 Å². The van der Waals surface area contributed by atoms with Crippen molar-refractivity contribution in [3.8, 4) is 0 Å². The maximum absolute atomic E-state index is 12.9. The number of carbonyl (C=O) groups is 1. The zero-order valence-electron chi connectivity index (χ0n) is 13.9. The number of hydrogen-bond donors (Lipinski definition) is 0. The second kappa shape index (κ2) is 5.75. The third-order valence-electron chi connectivity index (χ3n) is 4.72. The zero-order chi connectivity index (χ0) is 15.9. The van der Waals surface area contributed by atoms with E-state index in [-0.39, 0.29) is 11.9 Å². The second-order valence-electron chi connectivity index (χ2n) is 6.74. The van der Waals surface area contributed by atoms with E-state index in [0.29, 0.717) is 17.8 Å². The lowest BCUT2D eigenvalue weighted by Gasteiger charge is -2.37. The van der Waals surface area contributed by atoms with Gasteiger partial charge in [0.15, 0.2) is 5.71 Å². The van der Waals surface area contributed by atoms with Gasteiger partial charge in [0.1, 0.15) is 0 Å². The Morgan fingerprint density at radius 1 is 1.14 bits per heavy atom. The maximum Gasteiger partial charge on any atom is 0.279 e. The molecule has 118 valence electrons. The molecule has 3 rings (SSSR count). The van der Waals surface area contributed by atoms with Gasteiger partial charge in [0.05, 0.1) is 5.69 Å². The van der Waals surface area contributed by atoms with E-state index in [4.69, 9.17) is 5.10 Å². The molecular formula is C18H25N3O. The van der Waals surface area contributed by atoms with Crippen molar-refractivity contribution in [2.45, 2.75) is 65.1 Å². The van der Waals surface area contributed by atoms with E-state index in [1.54, 1.807) is 0 Å². The molecule has 2 aliphatic heterocycles. The third kappa shape index (κ3) is 2.40. The van der Waals surface area contributed by atoms with Gasteiger partial charge in [-0.25, -0.2) is 0 Å². The van der Waals surface area contributed by atoms with E-state index in [2.05, 4.69) is 18.9 Å². The molecule has 1 aromatic rings. The van der Waals surface area contributed by atoms with Crippen molar-refractivity contribution in [1.29, 1.82) is 0 Å². The minimum atomic E-state index is 0.0289. The molecule has 0 saturated carbocycles. The van der Waals surface area contributed by atoms with Gasteiger partial charge in [-0.1, -0.05) is 18.2 Å². The lowest BCUT2D eigenvalue weighted by atomic mass is 10.00. The number of hydrogen-bond acceptors (Lipinski definition) is 3. The number of piperidine rings is 1. The Morgan fingerprint density at radius 3 is 2.41 bits per heavy atom. The van der Waals surface area contributed by atoms with Crippen molar-refractivity contribution in [2.75, 3.05) is 4.90 Å². The van der Waals surface area contributed by atoms with Crippen LogP contribution in [-0.4, -0.2) is 34.8 Å². The first kappa shape index (κ1) is 15.1. The topological polar surface area (TPSA) is 35.9 Å². The summed E-state index contributed by atoms with van der Waals surface area (Å²) in [6.07, 6.45) is 3.53. The third-order valence-corrected chi connectivity index (χ3v) is 4.72. The van der Waals surface area contributed by atoms with Gasteiger partial charge < -0.3 is 4.90 Å². The molecule has 1 fully saturated rings. The van der Waals surface area contributed by atoms with Gasteiger partial charge in [-0.15, -0.1) is 0 Å². The minimum absolute atomic E-state index is 0.0289. The van der Waals surface area contributed by atoms with E-state index in [0.717, 1.165) is 24.1 Å². The van der Waals surface area contributed by atoms with Crippen LogP contribution in [0.1, 0.15) is 52.5 Å². The van der Waals surface area contributed by atoms with Gasteiger partial charge >= 0.3 is 0 Å². The number of carbonyl (C=O) groups excluding carboxylic acids is 1. The molecule has 1 saturated heterocycles. The minimum Gasteiger partial charge on any atom is -0.304 e. The summed E-state index contributed by atoms with van der Waals surface area (Å²) in [6, 6.07) is 8.91. The lowest BCUT2D eigenvalue weighted by molar-refractivity contribution is -0.112. The molecule has 0 bridgehead atoms. The summed E-state index contributed by atoms with van der Waals surface area (Å²) in [6.45, 7) is 8.49. The normalized spacial score (nSPS) is 27.0. The number of para-hydroxylation sites is 1. The fourth-order valence-corrected chi connectivity index (χ4v) is 3.55. The molecule has 0 aromatic heterocycles. The van der Waals surface area contributed by atoms with Crippen molar-refractivity contribution in [3.63, 3.8) is 0 Å². The molecule has 0 spiro atoms. The Hall–Kier alpha value is -1.84. The average molecular weight is 299 g/mol. The highest BCUT2D eigenvalue weighted by molar-refractivity contribution is 6.54. The van der Waals surface area contributed by atoms with E-state index >= 15 is 0 Å². The van der Waals surface area contributed by atoms with Crippen LogP contribution in [0, 0.1) is 0 Å². The number of amides is 1. The van der Waals surface area contributed by atoms with Gasteiger partial charge in [-0.05, 0) is 53.0 Å². The molecule has 1 aromatic carbocycles. The van der Waals surface area contributed by atoms with Crippen LogP contribution < -0.4 is 4.90 Å². The van der Waals surface area contributed by atoms with Gasteiger partial charge in [-0.3, -0.25) is 9.80 Å². The fraction of sp³-hybridized carbons (Fsp3) is 0.556. The zero-order valence-corrected chi connectivity index (χ0v) is 13.9. The van der Waals surface area contributed by atoms with Crippen LogP contribution in [0.25, 0.3) is 0 Å². The van der Waals surface area contributed by atoms with Crippen molar-refractivity contribution in [3.05, 3.63) is 29.8 Å². The maximum atomic E-state index is 12.9. The molecule has 0 aliphatic carbocycles. The predicted molar refractivity (Wildman–Crippen MR) is 90.2 cm³/mol. The number of rotatable bonds is 2. The van der Waals surface area contributed by atoms with Crippen molar-refractivity contribution >= 4 is 17.3 Å². The summed E-state index contributed by atoms with van der Waals surface area (Å²) in [4.78, 5) is 14.7. The van der Waals surface area contributed by atoms with E-state index in [9.17, 15) is 4.79 Å². The number of hydrazone groups is 1. The van der Waals surface area contributed by atoms with Crippen LogP contribution in [0.5, 0.6) is 0 Å². The smallest absolute Gasteiger partial charge is 0.279 e. The predicted octanol–water partition coefficient (Wildman–Crippen LogP) is 3.41. The second-order valence-corrected chi connectivity index (χ2v) is 6.74. The highest BCUT2D eigenvalue weighted by atomic mass is 16.2. The lowest BCUT2D eigenvalue weighted by Crippen LogP contribution is -2.42. The van der Waals surface area contributed by atoms with Gasteiger partial charge in [0.25, 0.3) is 5.91 Å². The van der Waals surface area contributed by atoms with E-state index in [1.807, 2.05) is 43.0 Å². The number of fused-ring (bicyclic) bond motifs is 1. The molecule has 0 N–H and O–H groups in total. The average Bonchev–Trinajstić information content (AvgIpc) is 2.75. The quantitative estimate of drug-likeness (QED) is 0.839. The summed E-state index contributed by atoms with van der Waals surface area (Å²) in [5, 5.41) is 6.95. The summed E-state index contributed by atoms with van der Waals surface area (Å²) in [7, 11) is 0. The van der Waals surface area contributed by atoms with E-state index < -0.39 is 0 Å². The first-order valence-electron chi connectivity index (χ1n) is 8.30. The number of benzene rings is 1. The Morgan fingerprint density at radius 2 is 1.77 bits per heavy atom. The monoisotopic (exact) mass is 299 g/mol. The molecule has 0 radical (unpaired) electrons. The molecule has 4 heteroatoms. The van der Waals surface area contributed by atoms with Gasteiger partial charge in [0, 0.05) is 23.7 Å². The summed E-state index contributed by atoms with van der Waals surface area (Å²) < 4.78 is 0. The Bertz CT molecular complexity index is 598. The van der Waals surface area contributed by atoms with Crippen LogP contribution in [0.2, 0.25) is 0 Å².